The molecular weight excluding hydrogens is 309 g/mol. The zero-order valence-corrected chi connectivity index (χ0v) is 10.7. The molecule has 0 bridgehead atoms. The zero-order chi connectivity index (χ0) is 13.2. The smallest absolute Gasteiger partial charge is 0.166 e. The molecule has 0 aliphatic rings. The second-order valence-corrected chi connectivity index (χ2v) is 4.61. The van der Waals surface area contributed by atoms with E-state index in [9.17, 15) is 13.2 Å². The van der Waals surface area contributed by atoms with Crippen LogP contribution in [0.15, 0.2) is 41.0 Å². The summed E-state index contributed by atoms with van der Waals surface area (Å²) < 4.78 is 39.0. The molecule has 0 saturated carbocycles. The standard InChI is InChI=1S/C12H8BrF3N2/c13-9-6-10(18-17-7-9)5-8-3-1-2-4-11(8)12(14,15)16/h1-4,6-7H,5H2. The lowest BCUT2D eigenvalue weighted by Gasteiger charge is -2.11. The van der Waals surface area contributed by atoms with E-state index in [2.05, 4.69) is 26.1 Å². The van der Waals surface area contributed by atoms with Gasteiger partial charge in [0.05, 0.1) is 17.5 Å². The maximum absolute atomic E-state index is 12.8. The molecule has 0 unspecified atom stereocenters. The predicted molar refractivity (Wildman–Crippen MR) is 64.0 cm³/mol. The van der Waals surface area contributed by atoms with Crippen molar-refractivity contribution < 1.29 is 13.2 Å². The van der Waals surface area contributed by atoms with Gasteiger partial charge < -0.3 is 0 Å². The Balaban J connectivity index is 2.35. The number of hydrogen-bond acceptors (Lipinski definition) is 2. The molecule has 2 rings (SSSR count). The van der Waals surface area contributed by atoms with Crippen molar-refractivity contribution in [1.29, 1.82) is 0 Å². The van der Waals surface area contributed by atoms with Crippen molar-refractivity contribution in [3.05, 3.63) is 57.8 Å². The van der Waals surface area contributed by atoms with Crippen LogP contribution in [-0.2, 0) is 12.6 Å². The first-order valence-electron chi connectivity index (χ1n) is 5.09. The van der Waals surface area contributed by atoms with Crippen molar-refractivity contribution in [3.8, 4) is 0 Å². The highest BCUT2D eigenvalue weighted by molar-refractivity contribution is 9.10. The molecule has 2 aromatic rings. The van der Waals surface area contributed by atoms with E-state index in [1.807, 2.05) is 0 Å². The second-order valence-electron chi connectivity index (χ2n) is 3.70. The molecule has 1 aromatic heterocycles. The van der Waals surface area contributed by atoms with Crippen LogP contribution < -0.4 is 0 Å². The molecule has 0 radical (unpaired) electrons. The third-order valence-electron chi connectivity index (χ3n) is 2.37. The molecule has 0 spiro atoms. The first-order valence-corrected chi connectivity index (χ1v) is 5.88. The molecule has 6 heteroatoms. The van der Waals surface area contributed by atoms with Gasteiger partial charge in [0.15, 0.2) is 0 Å². The van der Waals surface area contributed by atoms with Crippen molar-refractivity contribution in [2.45, 2.75) is 12.6 Å². The summed E-state index contributed by atoms with van der Waals surface area (Å²) in [7, 11) is 0. The summed E-state index contributed by atoms with van der Waals surface area (Å²) in [6, 6.07) is 7.13. The molecule has 0 N–H and O–H groups in total. The van der Waals surface area contributed by atoms with Gasteiger partial charge in [-0.05, 0) is 33.6 Å². The normalized spacial score (nSPS) is 11.6. The Hall–Kier alpha value is -1.43. The van der Waals surface area contributed by atoms with E-state index >= 15 is 0 Å². The fraction of sp³-hybridized carbons (Fsp3) is 0.167. The Kier molecular flexibility index (Phi) is 3.65. The molecule has 2 nitrogen and oxygen atoms in total. The second kappa shape index (κ2) is 5.06. The summed E-state index contributed by atoms with van der Waals surface area (Å²) in [6.45, 7) is 0. The van der Waals surface area contributed by atoms with Crippen molar-refractivity contribution in [2.75, 3.05) is 0 Å². The average Bonchev–Trinajstić information content (AvgIpc) is 2.28. The molecular formula is C12H8BrF3N2. The number of benzene rings is 1. The van der Waals surface area contributed by atoms with Gasteiger partial charge >= 0.3 is 6.18 Å². The summed E-state index contributed by atoms with van der Waals surface area (Å²) in [5.74, 6) is 0. The van der Waals surface area contributed by atoms with Crippen molar-refractivity contribution in [2.24, 2.45) is 0 Å². The topological polar surface area (TPSA) is 25.8 Å². The molecule has 0 atom stereocenters. The number of halogens is 4. The SMILES string of the molecule is FC(F)(F)c1ccccc1Cc1cc(Br)cnn1. The van der Waals surface area contributed by atoms with Crippen LogP contribution in [0.5, 0.6) is 0 Å². The molecule has 0 saturated heterocycles. The lowest BCUT2D eigenvalue weighted by atomic mass is 10.0. The van der Waals surface area contributed by atoms with Gasteiger partial charge in [-0.3, -0.25) is 0 Å². The average molecular weight is 317 g/mol. The molecule has 1 aromatic carbocycles. The van der Waals surface area contributed by atoms with Crippen molar-refractivity contribution in [1.82, 2.24) is 10.2 Å². The van der Waals surface area contributed by atoms with E-state index in [1.165, 1.54) is 18.3 Å². The number of hydrogen-bond donors (Lipinski definition) is 0. The highest BCUT2D eigenvalue weighted by atomic mass is 79.9. The highest BCUT2D eigenvalue weighted by Crippen LogP contribution is 2.32. The van der Waals surface area contributed by atoms with Gasteiger partial charge in [-0.25, -0.2) is 0 Å². The maximum Gasteiger partial charge on any atom is 0.416 e. The third kappa shape index (κ3) is 3.07. The molecule has 94 valence electrons. The van der Waals surface area contributed by atoms with Crippen LogP contribution in [-0.4, -0.2) is 10.2 Å². The number of aromatic nitrogens is 2. The van der Waals surface area contributed by atoms with E-state index in [0.29, 0.717) is 10.2 Å². The first-order chi connectivity index (χ1) is 8.47. The van der Waals surface area contributed by atoms with Gasteiger partial charge in [-0.2, -0.15) is 23.4 Å². The monoisotopic (exact) mass is 316 g/mol. The maximum atomic E-state index is 12.8. The van der Waals surface area contributed by atoms with Gasteiger partial charge in [0, 0.05) is 10.9 Å². The first kappa shape index (κ1) is 13.0. The molecule has 0 fully saturated rings. The van der Waals surface area contributed by atoms with Gasteiger partial charge in [-0.1, -0.05) is 18.2 Å². The van der Waals surface area contributed by atoms with Crippen LogP contribution in [0.25, 0.3) is 0 Å². The Morgan fingerprint density at radius 3 is 2.56 bits per heavy atom. The lowest BCUT2D eigenvalue weighted by Crippen LogP contribution is -2.09. The van der Waals surface area contributed by atoms with Crippen molar-refractivity contribution >= 4 is 15.9 Å². The van der Waals surface area contributed by atoms with Gasteiger partial charge in [0.25, 0.3) is 0 Å². The minimum Gasteiger partial charge on any atom is -0.166 e. The number of rotatable bonds is 2. The van der Waals surface area contributed by atoms with Crippen molar-refractivity contribution in [3.63, 3.8) is 0 Å². The summed E-state index contributed by atoms with van der Waals surface area (Å²) >= 11 is 3.21. The predicted octanol–water partition coefficient (Wildman–Crippen LogP) is 3.85. The number of nitrogens with zero attached hydrogens (tertiary/aromatic N) is 2. The summed E-state index contributed by atoms with van der Waals surface area (Å²) in [5, 5.41) is 7.50. The molecule has 1 heterocycles. The Labute approximate surface area is 110 Å². The quantitative estimate of drug-likeness (QED) is 0.841. The van der Waals surface area contributed by atoms with E-state index < -0.39 is 11.7 Å². The minimum absolute atomic E-state index is 0.0993. The highest BCUT2D eigenvalue weighted by Gasteiger charge is 2.32. The Bertz CT molecular complexity index is 555. The number of alkyl halides is 3. The van der Waals surface area contributed by atoms with E-state index in [0.717, 1.165) is 6.07 Å². The summed E-state index contributed by atoms with van der Waals surface area (Å²) in [6.07, 6.45) is -2.77. The van der Waals surface area contributed by atoms with E-state index in [-0.39, 0.29) is 12.0 Å². The van der Waals surface area contributed by atoms with Crippen LogP contribution in [0.1, 0.15) is 16.8 Å². The Morgan fingerprint density at radius 1 is 1.17 bits per heavy atom. The molecule has 0 aliphatic heterocycles. The van der Waals surface area contributed by atoms with E-state index in [1.54, 1.807) is 12.1 Å². The van der Waals surface area contributed by atoms with Gasteiger partial charge in [0.2, 0.25) is 0 Å². The molecule has 0 amide bonds. The van der Waals surface area contributed by atoms with Crippen LogP contribution in [0.4, 0.5) is 13.2 Å². The van der Waals surface area contributed by atoms with Gasteiger partial charge in [0.1, 0.15) is 0 Å². The summed E-state index contributed by atoms with van der Waals surface area (Å²) in [5.41, 5.74) is 0.0465. The minimum atomic E-state index is -4.35. The third-order valence-corrected chi connectivity index (χ3v) is 2.80. The van der Waals surface area contributed by atoms with Gasteiger partial charge in [-0.15, -0.1) is 0 Å². The lowest BCUT2D eigenvalue weighted by molar-refractivity contribution is -0.138. The summed E-state index contributed by atoms with van der Waals surface area (Å²) in [4.78, 5) is 0. The Morgan fingerprint density at radius 2 is 1.89 bits per heavy atom. The fourth-order valence-electron chi connectivity index (χ4n) is 1.62. The van der Waals surface area contributed by atoms with Crippen LogP contribution in [0.3, 0.4) is 0 Å². The van der Waals surface area contributed by atoms with E-state index in [4.69, 9.17) is 0 Å². The fourth-order valence-corrected chi connectivity index (χ4v) is 1.97. The van der Waals surface area contributed by atoms with Crippen LogP contribution in [0, 0.1) is 0 Å². The molecule has 18 heavy (non-hydrogen) atoms. The molecule has 0 aliphatic carbocycles. The largest absolute Gasteiger partial charge is 0.416 e. The van der Waals surface area contributed by atoms with Crippen LogP contribution in [0.2, 0.25) is 0 Å². The van der Waals surface area contributed by atoms with Crippen LogP contribution >= 0.6 is 15.9 Å². The zero-order valence-electron chi connectivity index (χ0n) is 9.08.